The monoisotopic (exact) mass is 266 g/mol. The summed E-state index contributed by atoms with van der Waals surface area (Å²) in [6, 6.07) is 5.79. The van der Waals surface area contributed by atoms with Crippen molar-refractivity contribution in [2.45, 2.75) is 13.0 Å². The summed E-state index contributed by atoms with van der Waals surface area (Å²) in [6.07, 6.45) is 2.55. The second kappa shape index (κ2) is 6.66. The van der Waals surface area contributed by atoms with Crippen molar-refractivity contribution >= 4 is 23.4 Å². The van der Waals surface area contributed by atoms with Gasteiger partial charge in [0, 0.05) is 36.5 Å². The van der Waals surface area contributed by atoms with Gasteiger partial charge in [-0.25, -0.2) is 0 Å². The molecule has 0 aliphatic carbocycles. The molecule has 0 unspecified atom stereocenters. The van der Waals surface area contributed by atoms with Crippen molar-refractivity contribution in [3.8, 4) is 5.75 Å². The fourth-order valence-electron chi connectivity index (χ4n) is 1.81. The van der Waals surface area contributed by atoms with Crippen molar-refractivity contribution in [2.24, 2.45) is 0 Å². The molecule has 1 aromatic carbocycles. The predicted octanol–water partition coefficient (Wildman–Crippen LogP) is 1.86. The summed E-state index contributed by atoms with van der Waals surface area (Å²) in [4.78, 5) is 11.6. The zero-order chi connectivity index (χ0) is 12.8. The minimum absolute atomic E-state index is 0.0619. The lowest BCUT2D eigenvalue weighted by atomic mass is 10.1. The van der Waals surface area contributed by atoms with Gasteiger partial charge in [0.2, 0.25) is 5.91 Å². The van der Waals surface area contributed by atoms with Gasteiger partial charge in [0.15, 0.2) is 0 Å². The number of ether oxygens (including phenoxy) is 1. The van der Waals surface area contributed by atoms with Gasteiger partial charge < -0.3 is 15.4 Å². The third-order valence-corrected chi connectivity index (χ3v) is 3.34. The molecule has 2 N–H and O–H groups in total. The Balaban J connectivity index is 2.01. The van der Waals surface area contributed by atoms with Crippen molar-refractivity contribution in [1.82, 2.24) is 5.32 Å². The van der Waals surface area contributed by atoms with Crippen LogP contribution in [0.4, 0.5) is 5.69 Å². The van der Waals surface area contributed by atoms with Gasteiger partial charge in [-0.2, -0.15) is 11.8 Å². The Labute approximate surface area is 111 Å². The van der Waals surface area contributed by atoms with Crippen LogP contribution < -0.4 is 15.4 Å². The molecule has 4 nitrogen and oxygen atoms in total. The first kappa shape index (κ1) is 13.2. The molecule has 1 heterocycles. The van der Waals surface area contributed by atoms with Gasteiger partial charge in [0.25, 0.3) is 0 Å². The number of carbonyl (C=O) groups is 1. The Kier molecular flexibility index (Phi) is 4.90. The highest BCUT2D eigenvalue weighted by molar-refractivity contribution is 7.98. The molecule has 2 rings (SSSR count). The highest BCUT2D eigenvalue weighted by atomic mass is 32.2. The average molecular weight is 266 g/mol. The summed E-state index contributed by atoms with van der Waals surface area (Å²) in [5.41, 5.74) is 1.93. The van der Waals surface area contributed by atoms with E-state index in [1.165, 1.54) is 0 Å². The molecule has 1 aromatic rings. The molecular weight excluding hydrogens is 248 g/mol. The number of benzene rings is 1. The number of amides is 1. The van der Waals surface area contributed by atoms with Crippen molar-refractivity contribution in [3.63, 3.8) is 0 Å². The molecular formula is C13H18N2O2S. The van der Waals surface area contributed by atoms with E-state index in [9.17, 15) is 4.79 Å². The third-order valence-electron chi connectivity index (χ3n) is 2.73. The van der Waals surface area contributed by atoms with Gasteiger partial charge in [0.1, 0.15) is 12.4 Å². The number of nitrogens with one attached hydrogen (secondary N) is 2. The maximum absolute atomic E-state index is 11.6. The summed E-state index contributed by atoms with van der Waals surface area (Å²) in [5.74, 6) is 1.82. The number of anilines is 1. The average Bonchev–Trinajstić information content (AvgIpc) is 2.61. The Morgan fingerprint density at radius 2 is 2.44 bits per heavy atom. The number of rotatable bonds is 4. The minimum Gasteiger partial charge on any atom is -0.492 e. The minimum atomic E-state index is 0.0619. The van der Waals surface area contributed by atoms with Gasteiger partial charge in [0.05, 0.1) is 0 Å². The Morgan fingerprint density at radius 1 is 1.56 bits per heavy atom. The van der Waals surface area contributed by atoms with Gasteiger partial charge in [-0.05, 0) is 24.5 Å². The summed E-state index contributed by atoms with van der Waals surface area (Å²) in [5, 5.41) is 6.19. The van der Waals surface area contributed by atoms with Crippen LogP contribution in [-0.4, -0.2) is 31.1 Å². The number of hydrogen-bond acceptors (Lipinski definition) is 4. The van der Waals surface area contributed by atoms with E-state index in [-0.39, 0.29) is 5.91 Å². The second-order valence-electron chi connectivity index (χ2n) is 4.14. The van der Waals surface area contributed by atoms with Crippen LogP contribution in [0, 0.1) is 0 Å². The van der Waals surface area contributed by atoms with E-state index in [0.717, 1.165) is 35.8 Å². The molecule has 0 saturated carbocycles. The molecule has 0 radical (unpaired) electrons. The van der Waals surface area contributed by atoms with Gasteiger partial charge in [-0.3, -0.25) is 4.79 Å². The van der Waals surface area contributed by atoms with Crippen LogP contribution in [0.3, 0.4) is 0 Å². The molecule has 1 aliphatic rings. The topological polar surface area (TPSA) is 50.4 Å². The van der Waals surface area contributed by atoms with Crippen LogP contribution in [-0.2, 0) is 11.3 Å². The zero-order valence-corrected chi connectivity index (χ0v) is 11.3. The van der Waals surface area contributed by atoms with E-state index < -0.39 is 0 Å². The first-order valence-corrected chi connectivity index (χ1v) is 7.44. The van der Waals surface area contributed by atoms with E-state index >= 15 is 0 Å². The van der Waals surface area contributed by atoms with Gasteiger partial charge in [-0.15, -0.1) is 0 Å². The number of fused-ring (bicyclic) bond motifs is 1. The zero-order valence-electron chi connectivity index (χ0n) is 10.5. The molecule has 98 valence electrons. The molecule has 18 heavy (non-hydrogen) atoms. The molecule has 1 aliphatic heterocycles. The molecule has 0 spiro atoms. The summed E-state index contributed by atoms with van der Waals surface area (Å²) < 4.78 is 5.59. The van der Waals surface area contributed by atoms with E-state index in [2.05, 4.69) is 10.6 Å². The number of hydrogen-bond donors (Lipinski definition) is 2. The van der Waals surface area contributed by atoms with Crippen molar-refractivity contribution in [3.05, 3.63) is 23.8 Å². The second-order valence-corrected chi connectivity index (χ2v) is 5.12. The molecule has 1 amide bonds. The smallest absolute Gasteiger partial charge is 0.225 e. The van der Waals surface area contributed by atoms with Crippen LogP contribution >= 0.6 is 11.8 Å². The van der Waals surface area contributed by atoms with Crippen LogP contribution in [0.1, 0.15) is 12.0 Å². The standard InChI is InChI=1S/C13H18N2O2S/c1-18-7-4-13(16)15-11-2-3-12-10(8-11)9-14-5-6-17-12/h2-3,8,14H,4-7,9H2,1H3,(H,15,16). The lowest BCUT2D eigenvalue weighted by molar-refractivity contribution is -0.115. The van der Waals surface area contributed by atoms with Gasteiger partial charge >= 0.3 is 0 Å². The highest BCUT2D eigenvalue weighted by Gasteiger charge is 2.10. The molecule has 5 heteroatoms. The predicted molar refractivity (Wildman–Crippen MR) is 75.3 cm³/mol. The fourth-order valence-corrected chi connectivity index (χ4v) is 2.20. The molecule has 0 aromatic heterocycles. The van der Waals surface area contributed by atoms with Crippen LogP contribution in [0.2, 0.25) is 0 Å². The molecule has 0 saturated heterocycles. The first-order valence-electron chi connectivity index (χ1n) is 6.05. The van der Waals surface area contributed by atoms with E-state index in [1.807, 2.05) is 24.5 Å². The van der Waals surface area contributed by atoms with Crippen LogP contribution in [0.5, 0.6) is 5.75 Å². The van der Waals surface area contributed by atoms with E-state index in [0.29, 0.717) is 13.0 Å². The SMILES string of the molecule is CSCCC(=O)Nc1ccc2c(c1)CNCCO2. The van der Waals surface area contributed by atoms with Crippen molar-refractivity contribution < 1.29 is 9.53 Å². The Morgan fingerprint density at radius 3 is 3.28 bits per heavy atom. The van der Waals surface area contributed by atoms with E-state index in [4.69, 9.17) is 4.74 Å². The molecule has 0 atom stereocenters. The van der Waals surface area contributed by atoms with Crippen LogP contribution in [0.15, 0.2) is 18.2 Å². The summed E-state index contributed by atoms with van der Waals surface area (Å²) in [7, 11) is 0. The molecule has 0 bridgehead atoms. The third kappa shape index (κ3) is 3.65. The highest BCUT2D eigenvalue weighted by Crippen LogP contribution is 2.24. The normalized spacial score (nSPS) is 14.3. The Bertz CT molecular complexity index is 423. The van der Waals surface area contributed by atoms with Crippen molar-refractivity contribution in [1.29, 1.82) is 0 Å². The lowest BCUT2D eigenvalue weighted by Gasteiger charge is -2.10. The largest absolute Gasteiger partial charge is 0.492 e. The van der Waals surface area contributed by atoms with E-state index in [1.54, 1.807) is 11.8 Å². The fraction of sp³-hybridized carbons (Fsp3) is 0.462. The maximum atomic E-state index is 11.6. The number of thioether (sulfide) groups is 1. The summed E-state index contributed by atoms with van der Waals surface area (Å²) in [6.45, 7) is 2.32. The summed E-state index contributed by atoms with van der Waals surface area (Å²) >= 11 is 1.68. The van der Waals surface area contributed by atoms with Gasteiger partial charge in [-0.1, -0.05) is 0 Å². The molecule has 0 fully saturated rings. The Hall–Kier alpha value is -1.20. The number of carbonyl (C=O) groups excluding carboxylic acids is 1. The van der Waals surface area contributed by atoms with Crippen molar-refractivity contribution in [2.75, 3.05) is 30.5 Å². The lowest BCUT2D eigenvalue weighted by Crippen LogP contribution is -2.16. The first-order chi connectivity index (χ1) is 8.79. The quantitative estimate of drug-likeness (QED) is 0.873. The van der Waals surface area contributed by atoms with Crippen LogP contribution in [0.25, 0.3) is 0 Å². The maximum Gasteiger partial charge on any atom is 0.225 e.